The molecule has 0 spiro atoms. The quantitative estimate of drug-likeness (QED) is 0.825. The van der Waals surface area contributed by atoms with Crippen LogP contribution in [0.3, 0.4) is 0 Å². The summed E-state index contributed by atoms with van der Waals surface area (Å²) in [4.78, 5) is -0.689. The van der Waals surface area contributed by atoms with Gasteiger partial charge in [-0.15, -0.1) is 0 Å². The maximum Gasteiger partial charge on any atom is 0.416 e. The van der Waals surface area contributed by atoms with Gasteiger partial charge in [-0.3, -0.25) is 4.72 Å². The lowest BCUT2D eigenvalue weighted by Crippen LogP contribution is -2.15. The van der Waals surface area contributed by atoms with Crippen molar-refractivity contribution in [3.8, 4) is 11.5 Å². The molecule has 0 bridgehead atoms. The van der Waals surface area contributed by atoms with Crippen molar-refractivity contribution in [2.45, 2.75) is 11.1 Å². The lowest BCUT2D eigenvalue weighted by molar-refractivity contribution is -0.137. The number of nitrogens with one attached hydrogen (secondary N) is 1. The Morgan fingerprint density at radius 2 is 1.56 bits per heavy atom. The minimum atomic E-state index is -4.70. The van der Waals surface area contributed by atoms with Crippen LogP contribution >= 0.6 is 11.6 Å². The van der Waals surface area contributed by atoms with Crippen LogP contribution in [-0.2, 0) is 16.2 Å². The van der Waals surface area contributed by atoms with Crippen molar-refractivity contribution in [1.29, 1.82) is 0 Å². The topological polar surface area (TPSA) is 64.6 Å². The molecule has 1 N–H and O–H groups in total. The van der Waals surface area contributed by atoms with Crippen LogP contribution in [0.5, 0.6) is 11.5 Å². The van der Waals surface area contributed by atoms with Crippen molar-refractivity contribution in [1.82, 2.24) is 0 Å². The smallest absolute Gasteiger partial charge is 0.416 e. The van der Waals surface area contributed by atoms with E-state index in [1.807, 2.05) is 0 Å². The Morgan fingerprint density at radius 3 is 2.04 bits per heavy atom. The van der Waals surface area contributed by atoms with Crippen LogP contribution in [0.2, 0.25) is 5.02 Å². The van der Waals surface area contributed by atoms with E-state index in [1.165, 1.54) is 32.4 Å². The van der Waals surface area contributed by atoms with Gasteiger partial charge in [0.2, 0.25) is 0 Å². The minimum absolute atomic E-state index is 0.0460. The number of rotatable bonds is 5. The summed E-state index contributed by atoms with van der Waals surface area (Å²) in [6.45, 7) is 0. The first-order valence-electron chi connectivity index (χ1n) is 6.69. The molecule has 0 aliphatic carbocycles. The van der Waals surface area contributed by atoms with Crippen LogP contribution in [0.15, 0.2) is 41.3 Å². The molecule has 0 radical (unpaired) electrons. The number of hydrogen-bond acceptors (Lipinski definition) is 4. The SMILES string of the molecule is COc1cc(NS(=O)(=O)c2cc(C(F)(F)F)ccc2Cl)cc(OC)c1. The fraction of sp³-hybridized carbons (Fsp3) is 0.200. The predicted molar refractivity (Wildman–Crippen MR) is 86.8 cm³/mol. The molecule has 0 unspecified atom stereocenters. The number of sulfonamides is 1. The van der Waals surface area contributed by atoms with Crippen LogP contribution in [-0.4, -0.2) is 22.6 Å². The average Bonchev–Trinajstić information content (AvgIpc) is 2.53. The van der Waals surface area contributed by atoms with E-state index in [9.17, 15) is 21.6 Å². The Morgan fingerprint density at radius 1 is 1.00 bits per heavy atom. The number of alkyl halides is 3. The van der Waals surface area contributed by atoms with Crippen LogP contribution in [0.25, 0.3) is 0 Å². The molecule has 0 saturated heterocycles. The van der Waals surface area contributed by atoms with Crippen molar-refractivity contribution in [2.75, 3.05) is 18.9 Å². The van der Waals surface area contributed by atoms with E-state index in [-0.39, 0.29) is 10.7 Å². The van der Waals surface area contributed by atoms with E-state index in [2.05, 4.69) is 4.72 Å². The summed E-state index contributed by atoms with van der Waals surface area (Å²) in [7, 11) is -1.63. The molecule has 2 aromatic carbocycles. The van der Waals surface area contributed by atoms with Gasteiger partial charge >= 0.3 is 6.18 Å². The largest absolute Gasteiger partial charge is 0.497 e. The number of hydrogen-bond donors (Lipinski definition) is 1. The molecule has 0 atom stereocenters. The first kappa shape index (κ1) is 19.2. The molecule has 0 aromatic heterocycles. The van der Waals surface area contributed by atoms with Crippen molar-refractivity contribution in [3.63, 3.8) is 0 Å². The zero-order valence-electron chi connectivity index (χ0n) is 13.0. The van der Waals surface area contributed by atoms with Crippen molar-refractivity contribution < 1.29 is 31.1 Å². The van der Waals surface area contributed by atoms with Gasteiger partial charge in [-0.25, -0.2) is 8.42 Å². The molecule has 5 nitrogen and oxygen atoms in total. The van der Waals surface area contributed by atoms with Crippen molar-refractivity contribution in [3.05, 3.63) is 47.0 Å². The van der Waals surface area contributed by atoms with Crippen LogP contribution in [0, 0.1) is 0 Å². The predicted octanol–water partition coefficient (Wildman–Crippen LogP) is 4.18. The molecule has 136 valence electrons. The van der Waals surface area contributed by atoms with Gasteiger partial charge in [0.05, 0.1) is 30.5 Å². The summed E-state index contributed by atoms with van der Waals surface area (Å²) in [6, 6.07) is 6.27. The fourth-order valence-corrected chi connectivity index (χ4v) is 3.53. The van der Waals surface area contributed by atoms with Gasteiger partial charge in [0.1, 0.15) is 16.4 Å². The maximum atomic E-state index is 12.8. The number of ether oxygens (including phenoxy) is 2. The summed E-state index contributed by atoms with van der Waals surface area (Å²) in [6.07, 6.45) is -4.70. The van der Waals surface area contributed by atoms with Gasteiger partial charge in [-0.2, -0.15) is 13.2 Å². The molecule has 10 heteroatoms. The second-order valence-electron chi connectivity index (χ2n) is 4.85. The fourth-order valence-electron chi connectivity index (χ4n) is 1.96. The second kappa shape index (κ2) is 7.01. The molecular formula is C15H13ClF3NO4S. The van der Waals surface area contributed by atoms with Gasteiger partial charge in [-0.05, 0) is 18.2 Å². The number of halogens is 4. The molecule has 0 amide bonds. The van der Waals surface area contributed by atoms with Crippen LogP contribution in [0.1, 0.15) is 5.56 Å². The zero-order valence-corrected chi connectivity index (χ0v) is 14.6. The Hall–Kier alpha value is -2.13. The van der Waals surface area contributed by atoms with E-state index in [4.69, 9.17) is 21.1 Å². The molecule has 0 heterocycles. The molecule has 2 rings (SSSR count). The molecular weight excluding hydrogens is 383 g/mol. The maximum absolute atomic E-state index is 12.8. The Bertz CT molecular complexity index is 863. The molecule has 0 fully saturated rings. The standard InChI is InChI=1S/C15H13ClF3NO4S/c1-23-11-6-10(7-12(8-11)24-2)20-25(21,22)14-5-9(15(17,18)19)3-4-13(14)16/h3-8,20H,1-2H3. The van der Waals surface area contributed by atoms with Gasteiger partial charge in [0.25, 0.3) is 10.0 Å². The Kier molecular flexibility index (Phi) is 5.38. The average molecular weight is 396 g/mol. The number of anilines is 1. The number of methoxy groups -OCH3 is 2. The summed E-state index contributed by atoms with van der Waals surface area (Å²) in [5.41, 5.74) is -1.08. The molecule has 0 aliphatic heterocycles. The van der Waals surface area contributed by atoms with E-state index < -0.39 is 26.7 Å². The highest BCUT2D eigenvalue weighted by Gasteiger charge is 2.32. The van der Waals surface area contributed by atoms with Crippen LogP contribution < -0.4 is 14.2 Å². The minimum Gasteiger partial charge on any atom is -0.497 e. The highest BCUT2D eigenvalue weighted by atomic mass is 35.5. The highest BCUT2D eigenvalue weighted by molar-refractivity contribution is 7.92. The van der Waals surface area contributed by atoms with Gasteiger partial charge in [0.15, 0.2) is 0 Å². The molecule has 2 aromatic rings. The second-order valence-corrected chi connectivity index (χ2v) is 6.91. The summed E-state index contributed by atoms with van der Waals surface area (Å²) in [5.74, 6) is 0.597. The van der Waals surface area contributed by atoms with Crippen LogP contribution in [0.4, 0.5) is 18.9 Å². The summed E-state index contributed by atoms with van der Waals surface area (Å²) >= 11 is 5.78. The Labute approximate surface area is 147 Å². The first-order valence-corrected chi connectivity index (χ1v) is 8.55. The highest BCUT2D eigenvalue weighted by Crippen LogP contribution is 2.34. The molecule has 0 aliphatic rings. The van der Waals surface area contributed by atoms with Gasteiger partial charge in [0, 0.05) is 18.2 Å². The third kappa shape index (κ3) is 4.49. The molecule has 0 saturated carbocycles. The van der Waals surface area contributed by atoms with Crippen molar-refractivity contribution in [2.24, 2.45) is 0 Å². The third-order valence-electron chi connectivity index (χ3n) is 3.15. The van der Waals surface area contributed by atoms with Crippen molar-refractivity contribution >= 4 is 27.3 Å². The van der Waals surface area contributed by atoms with E-state index in [0.717, 1.165) is 6.07 Å². The monoisotopic (exact) mass is 395 g/mol. The van der Waals surface area contributed by atoms with Gasteiger partial charge in [-0.1, -0.05) is 11.6 Å². The number of benzene rings is 2. The third-order valence-corrected chi connectivity index (χ3v) is 5.01. The normalized spacial score (nSPS) is 11.9. The lowest BCUT2D eigenvalue weighted by Gasteiger charge is -2.14. The van der Waals surface area contributed by atoms with E-state index in [1.54, 1.807) is 0 Å². The first-order chi connectivity index (χ1) is 11.6. The zero-order chi connectivity index (χ0) is 18.8. The van der Waals surface area contributed by atoms with E-state index >= 15 is 0 Å². The molecule has 25 heavy (non-hydrogen) atoms. The summed E-state index contributed by atoms with van der Waals surface area (Å²) < 4.78 is 75.6. The Balaban J connectivity index is 2.47. The van der Waals surface area contributed by atoms with Gasteiger partial charge < -0.3 is 9.47 Å². The summed E-state index contributed by atoms with van der Waals surface area (Å²) in [5, 5.41) is -0.338. The lowest BCUT2D eigenvalue weighted by atomic mass is 10.2. The van der Waals surface area contributed by atoms with E-state index in [0.29, 0.717) is 23.6 Å².